The van der Waals surface area contributed by atoms with Crippen LogP contribution >= 0.6 is 0 Å². The fraction of sp³-hybridized carbons (Fsp3) is 0.722. The summed E-state index contributed by atoms with van der Waals surface area (Å²) < 4.78 is 5.94. The Hall–Kier alpha value is -2.10. The maximum absolute atomic E-state index is 13.0. The average molecular weight is 549 g/mol. The monoisotopic (exact) mass is 548 g/mol. The normalized spacial score (nSPS) is 35.8. The molecule has 3 fully saturated rings. The highest BCUT2D eigenvalue weighted by Crippen LogP contribution is 2.67. The van der Waals surface area contributed by atoms with Crippen molar-refractivity contribution in [3.8, 4) is 5.75 Å². The first-order valence-electron chi connectivity index (χ1n) is 16.2. The van der Waals surface area contributed by atoms with E-state index in [-0.39, 0.29) is 34.2 Å². The molecular formula is C36H52O4. The van der Waals surface area contributed by atoms with Crippen molar-refractivity contribution in [3.63, 3.8) is 0 Å². The summed E-state index contributed by atoms with van der Waals surface area (Å²) in [6.07, 6.45) is 15.8. The van der Waals surface area contributed by atoms with Crippen LogP contribution in [0.25, 0.3) is 0 Å². The third-order valence-electron chi connectivity index (χ3n) is 12.2. The summed E-state index contributed by atoms with van der Waals surface area (Å²) in [6.45, 7) is 13.8. The van der Waals surface area contributed by atoms with Crippen molar-refractivity contribution in [1.29, 1.82) is 0 Å². The summed E-state index contributed by atoms with van der Waals surface area (Å²) in [4.78, 5) is 24.8. The maximum atomic E-state index is 13.0. The van der Waals surface area contributed by atoms with Gasteiger partial charge in [-0.2, -0.15) is 0 Å². The lowest BCUT2D eigenvalue weighted by Crippen LogP contribution is -2.51. The van der Waals surface area contributed by atoms with Gasteiger partial charge in [-0.3, -0.25) is 4.79 Å². The molecule has 220 valence electrons. The molecule has 0 spiro atoms. The molecule has 3 saturated carbocycles. The number of rotatable bonds is 8. The fourth-order valence-corrected chi connectivity index (χ4v) is 9.96. The third kappa shape index (κ3) is 5.18. The Balaban J connectivity index is 1.26. The number of allylic oxidation sites excluding steroid dienone is 1. The Kier molecular flexibility index (Phi) is 8.30. The van der Waals surface area contributed by atoms with Crippen LogP contribution in [-0.4, -0.2) is 23.0 Å². The number of benzene rings is 1. The van der Waals surface area contributed by atoms with E-state index in [4.69, 9.17) is 4.74 Å². The molecule has 0 aromatic heterocycles. The molecule has 0 aliphatic heterocycles. The lowest BCUT2D eigenvalue weighted by molar-refractivity contribution is -0.0594. The van der Waals surface area contributed by atoms with Crippen LogP contribution in [0.5, 0.6) is 5.75 Å². The smallest absolute Gasteiger partial charge is 0.342 e. The highest BCUT2D eigenvalue weighted by atomic mass is 16.5. The van der Waals surface area contributed by atoms with E-state index in [0.717, 1.165) is 54.8 Å². The van der Waals surface area contributed by atoms with Gasteiger partial charge >= 0.3 is 5.97 Å². The second-order valence-electron chi connectivity index (χ2n) is 14.8. The first-order chi connectivity index (χ1) is 19.0. The highest BCUT2D eigenvalue weighted by molar-refractivity contribution is 6.02. The van der Waals surface area contributed by atoms with Gasteiger partial charge in [-0.1, -0.05) is 71.6 Å². The molecule has 4 aliphatic carbocycles. The molecule has 5 rings (SSSR count). The van der Waals surface area contributed by atoms with Crippen molar-refractivity contribution in [2.45, 2.75) is 118 Å². The quantitative estimate of drug-likeness (QED) is 0.200. The number of esters is 1. The maximum Gasteiger partial charge on any atom is 0.342 e. The van der Waals surface area contributed by atoms with Crippen LogP contribution in [0.2, 0.25) is 0 Å². The SMILES string of the molecule is CC(=O)c1cccc(C(=O)O[C@H]2CC[C@@]3(C)C(=CC[C@H]4[C@@H]5CC[C@H]([C@H](C)CCCC(C)C)[C@@]5(C)CC[C@@H]43)C2)c1O. The zero-order valence-corrected chi connectivity index (χ0v) is 25.8. The molecule has 40 heavy (non-hydrogen) atoms. The van der Waals surface area contributed by atoms with Crippen LogP contribution in [0.1, 0.15) is 133 Å². The van der Waals surface area contributed by atoms with Crippen molar-refractivity contribution in [2.24, 2.45) is 46.3 Å². The molecule has 4 nitrogen and oxygen atoms in total. The van der Waals surface area contributed by atoms with Gasteiger partial charge in [0, 0.05) is 6.42 Å². The van der Waals surface area contributed by atoms with Gasteiger partial charge in [0.2, 0.25) is 0 Å². The molecule has 4 aliphatic rings. The Bertz CT molecular complexity index is 1150. The topological polar surface area (TPSA) is 63.6 Å². The molecule has 0 saturated heterocycles. The van der Waals surface area contributed by atoms with Gasteiger partial charge in [0.05, 0.1) is 5.56 Å². The van der Waals surface area contributed by atoms with Crippen LogP contribution in [0.15, 0.2) is 29.8 Å². The van der Waals surface area contributed by atoms with E-state index in [1.54, 1.807) is 18.2 Å². The summed E-state index contributed by atoms with van der Waals surface area (Å²) in [5, 5.41) is 10.5. The zero-order valence-electron chi connectivity index (χ0n) is 25.8. The molecule has 4 heteroatoms. The molecule has 1 aromatic rings. The molecule has 0 radical (unpaired) electrons. The number of fused-ring (bicyclic) bond motifs is 5. The Labute approximate surface area is 242 Å². The summed E-state index contributed by atoms with van der Waals surface area (Å²) in [5.41, 5.74) is 2.42. The molecule has 0 unspecified atom stereocenters. The van der Waals surface area contributed by atoms with Gasteiger partial charge in [-0.15, -0.1) is 0 Å². The van der Waals surface area contributed by atoms with Gasteiger partial charge in [-0.05, 0) is 110 Å². The summed E-state index contributed by atoms with van der Waals surface area (Å²) in [7, 11) is 0. The van der Waals surface area contributed by atoms with Crippen molar-refractivity contribution < 1.29 is 19.4 Å². The standard InChI is InChI=1S/C36H52O4/c1-22(2)9-7-10-23(3)30-15-16-31-28-14-13-25-21-26(17-19-35(25,5)32(28)18-20-36(30,31)6)40-34(39)29-12-8-11-27(24(4)37)33(29)38/h8,11-13,22-23,26,28,30-32,38H,7,9-10,14-21H2,1-6H3/t23-,26+,28+,30-,31+,32+,35+,36-/m1/s1. The minimum atomic E-state index is -0.531. The lowest BCUT2D eigenvalue weighted by Gasteiger charge is -2.58. The number of ketones is 1. The first-order valence-corrected chi connectivity index (χ1v) is 16.2. The number of carbonyl (C=O) groups excluding carboxylic acids is 2. The molecule has 1 aromatic carbocycles. The summed E-state index contributed by atoms with van der Waals surface area (Å²) in [5.74, 6) is 3.80. The number of carbonyl (C=O) groups is 2. The van der Waals surface area contributed by atoms with Crippen molar-refractivity contribution in [2.75, 3.05) is 0 Å². The summed E-state index contributed by atoms with van der Waals surface area (Å²) in [6, 6.07) is 4.71. The van der Waals surface area contributed by atoms with Crippen molar-refractivity contribution in [3.05, 3.63) is 41.0 Å². The largest absolute Gasteiger partial charge is 0.506 e. The molecule has 8 atom stereocenters. The number of aromatic hydroxyl groups is 1. The number of phenols is 1. The van der Waals surface area contributed by atoms with E-state index >= 15 is 0 Å². The van der Waals surface area contributed by atoms with Crippen LogP contribution in [0, 0.1) is 46.3 Å². The minimum absolute atomic E-state index is 0.0829. The Morgan fingerprint density at radius 2 is 1.75 bits per heavy atom. The number of hydrogen-bond acceptors (Lipinski definition) is 4. The first kappa shape index (κ1) is 29.4. The molecule has 0 amide bonds. The number of ether oxygens (including phenoxy) is 1. The van der Waals surface area contributed by atoms with E-state index in [1.807, 2.05) is 0 Å². The lowest BCUT2D eigenvalue weighted by atomic mass is 9.47. The van der Waals surface area contributed by atoms with E-state index in [1.165, 1.54) is 63.9 Å². The van der Waals surface area contributed by atoms with Gasteiger partial charge in [0.1, 0.15) is 17.4 Å². The molecular weight excluding hydrogens is 496 g/mol. The molecule has 0 heterocycles. The third-order valence-corrected chi connectivity index (χ3v) is 12.2. The van der Waals surface area contributed by atoms with Gasteiger partial charge in [-0.25, -0.2) is 4.79 Å². The Morgan fingerprint density at radius 3 is 2.48 bits per heavy atom. The molecule has 1 N–H and O–H groups in total. The van der Waals surface area contributed by atoms with E-state index in [0.29, 0.717) is 5.41 Å². The van der Waals surface area contributed by atoms with E-state index < -0.39 is 5.97 Å². The van der Waals surface area contributed by atoms with Crippen LogP contribution in [0.3, 0.4) is 0 Å². The predicted octanol–water partition coefficient (Wildman–Crippen LogP) is 9.16. The second kappa shape index (κ2) is 11.3. The van der Waals surface area contributed by atoms with Gasteiger partial charge in [0.25, 0.3) is 0 Å². The van der Waals surface area contributed by atoms with Crippen LogP contribution in [0.4, 0.5) is 0 Å². The minimum Gasteiger partial charge on any atom is -0.506 e. The van der Waals surface area contributed by atoms with E-state index in [2.05, 4.69) is 40.7 Å². The van der Waals surface area contributed by atoms with Crippen molar-refractivity contribution in [1.82, 2.24) is 0 Å². The second-order valence-corrected chi connectivity index (χ2v) is 14.8. The fourth-order valence-electron chi connectivity index (χ4n) is 9.96. The number of phenolic OH excluding ortho intramolecular Hbond substituents is 1. The molecule has 0 bridgehead atoms. The highest BCUT2D eigenvalue weighted by Gasteiger charge is 2.59. The Morgan fingerprint density at radius 1 is 1.00 bits per heavy atom. The summed E-state index contributed by atoms with van der Waals surface area (Å²) >= 11 is 0. The zero-order chi connectivity index (χ0) is 28.8. The van der Waals surface area contributed by atoms with Crippen LogP contribution < -0.4 is 0 Å². The average Bonchev–Trinajstić information content (AvgIpc) is 3.26. The van der Waals surface area contributed by atoms with Crippen LogP contribution in [-0.2, 0) is 4.74 Å². The number of Topliss-reactive ketones (excluding diaryl/α,β-unsaturated/α-hetero) is 1. The number of para-hydroxylation sites is 1. The predicted molar refractivity (Wildman–Crippen MR) is 160 cm³/mol. The van der Waals surface area contributed by atoms with Gasteiger partial charge < -0.3 is 9.84 Å². The van der Waals surface area contributed by atoms with Gasteiger partial charge in [0.15, 0.2) is 5.78 Å². The number of hydrogen-bond donors (Lipinski definition) is 1. The van der Waals surface area contributed by atoms with Crippen molar-refractivity contribution >= 4 is 11.8 Å². The van der Waals surface area contributed by atoms with E-state index in [9.17, 15) is 14.7 Å².